The van der Waals surface area contributed by atoms with Gasteiger partial charge in [-0.25, -0.2) is 0 Å². The highest BCUT2D eigenvalue weighted by Crippen LogP contribution is 2.05. The number of hydrogen-bond acceptors (Lipinski definition) is 2. The second-order valence-corrected chi connectivity index (χ2v) is 6.30. The van der Waals surface area contributed by atoms with E-state index in [4.69, 9.17) is 0 Å². The number of unbranched alkanes of at least 4 members (excludes halogenated alkanes) is 1. The van der Waals surface area contributed by atoms with E-state index in [0.717, 1.165) is 18.9 Å². The van der Waals surface area contributed by atoms with Gasteiger partial charge in [0.15, 0.2) is 0 Å². The van der Waals surface area contributed by atoms with E-state index in [1.54, 1.807) is 0 Å². The van der Waals surface area contributed by atoms with Crippen LogP contribution < -0.4 is 10.6 Å². The molecule has 0 aliphatic heterocycles. The Hall–Kier alpha value is -0.570. The van der Waals surface area contributed by atoms with Crippen LogP contribution in [0.4, 0.5) is 0 Å². The summed E-state index contributed by atoms with van der Waals surface area (Å²) >= 11 is 0. The van der Waals surface area contributed by atoms with E-state index in [9.17, 15) is 4.79 Å². The summed E-state index contributed by atoms with van der Waals surface area (Å²) in [5.41, 5.74) is -0.148. The third-order valence-corrected chi connectivity index (χ3v) is 2.55. The summed E-state index contributed by atoms with van der Waals surface area (Å²) in [6, 6.07) is -0.103. The Bertz CT molecular complexity index is 219. The summed E-state index contributed by atoms with van der Waals surface area (Å²) in [7, 11) is 0. The maximum Gasteiger partial charge on any atom is 0.237 e. The van der Waals surface area contributed by atoms with Crippen molar-refractivity contribution >= 4 is 5.91 Å². The maximum atomic E-state index is 11.8. The van der Waals surface area contributed by atoms with E-state index in [0.29, 0.717) is 0 Å². The molecule has 0 heterocycles. The van der Waals surface area contributed by atoms with Crippen LogP contribution in [0.2, 0.25) is 0 Å². The van der Waals surface area contributed by atoms with Gasteiger partial charge in [0.05, 0.1) is 6.04 Å². The summed E-state index contributed by atoms with van der Waals surface area (Å²) in [5, 5.41) is 6.24. The number of amides is 1. The van der Waals surface area contributed by atoms with Gasteiger partial charge in [-0.1, -0.05) is 26.7 Å². The number of carbonyl (C=O) groups excluding carboxylic acids is 1. The van der Waals surface area contributed by atoms with E-state index in [1.807, 2.05) is 27.7 Å². The topological polar surface area (TPSA) is 41.1 Å². The molecule has 0 bridgehead atoms. The first-order chi connectivity index (χ1) is 7.72. The van der Waals surface area contributed by atoms with E-state index in [-0.39, 0.29) is 17.5 Å². The molecular formula is C14H30N2O. The summed E-state index contributed by atoms with van der Waals surface area (Å²) in [6.07, 6.45) is 3.65. The highest BCUT2D eigenvalue weighted by molar-refractivity contribution is 5.81. The van der Waals surface area contributed by atoms with Gasteiger partial charge in [-0.3, -0.25) is 4.79 Å². The minimum absolute atomic E-state index is 0.0846. The van der Waals surface area contributed by atoms with Crippen molar-refractivity contribution in [1.29, 1.82) is 0 Å². The third kappa shape index (κ3) is 10.3. The van der Waals surface area contributed by atoms with Crippen LogP contribution in [0.25, 0.3) is 0 Å². The smallest absolute Gasteiger partial charge is 0.237 e. The fourth-order valence-electron chi connectivity index (χ4n) is 1.57. The number of carbonyl (C=O) groups is 1. The first kappa shape index (κ1) is 16.4. The van der Waals surface area contributed by atoms with Crippen molar-refractivity contribution in [2.45, 2.75) is 72.4 Å². The van der Waals surface area contributed by atoms with Gasteiger partial charge >= 0.3 is 0 Å². The molecule has 1 unspecified atom stereocenters. The van der Waals surface area contributed by atoms with Gasteiger partial charge in [0.1, 0.15) is 0 Å². The Kier molecular flexibility index (Phi) is 7.44. The van der Waals surface area contributed by atoms with Crippen LogP contribution in [0.3, 0.4) is 0 Å². The van der Waals surface area contributed by atoms with Crippen molar-refractivity contribution in [3.05, 3.63) is 0 Å². The predicted octanol–water partition coefficient (Wildman–Crippen LogP) is 2.71. The van der Waals surface area contributed by atoms with Crippen LogP contribution in [-0.2, 0) is 4.79 Å². The molecule has 2 N–H and O–H groups in total. The van der Waals surface area contributed by atoms with E-state index in [2.05, 4.69) is 24.5 Å². The van der Waals surface area contributed by atoms with Crippen molar-refractivity contribution in [2.75, 3.05) is 6.54 Å². The van der Waals surface area contributed by atoms with E-state index in [1.165, 1.54) is 12.8 Å². The molecular weight excluding hydrogens is 212 g/mol. The summed E-state index contributed by atoms with van der Waals surface area (Å²) in [4.78, 5) is 11.8. The highest BCUT2D eigenvalue weighted by Gasteiger charge is 2.18. The monoisotopic (exact) mass is 242 g/mol. The minimum atomic E-state index is -0.148. The predicted molar refractivity (Wildman–Crippen MR) is 74.0 cm³/mol. The summed E-state index contributed by atoms with van der Waals surface area (Å²) in [5.74, 6) is 0.859. The molecule has 0 aromatic rings. The van der Waals surface area contributed by atoms with Gasteiger partial charge in [-0.2, -0.15) is 0 Å². The van der Waals surface area contributed by atoms with Gasteiger partial charge < -0.3 is 10.6 Å². The molecule has 1 amide bonds. The molecule has 0 aliphatic carbocycles. The first-order valence-corrected chi connectivity index (χ1v) is 6.78. The van der Waals surface area contributed by atoms with Crippen LogP contribution in [0.1, 0.15) is 60.8 Å². The van der Waals surface area contributed by atoms with Gasteiger partial charge in [0, 0.05) is 5.54 Å². The molecule has 0 fully saturated rings. The molecule has 0 saturated carbocycles. The van der Waals surface area contributed by atoms with Crippen molar-refractivity contribution < 1.29 is 4.79 Å². The lowest BCUT2D eigenvalue weighted by Gasteiger charge is -2.23. The standard InChI is InChI=1S/C14H30N2O/c1-11(2)9-7-8-10-15-12(3)13(17)16-14(4,5)6/h11-12,15H,7-10H2,1-6H3,(H,16,17). The van der Waals surface area contributed by atoms with Crippen molar-refractivity contribution in [2.24, 2.45) is 5.92 Å². The lowest BCUT2D eigenvalue weighted by Crippen LogP contribution is -2.49. The van der Waals surface area contributed by atoms with E-state index < -0.39 is 0 Å². The van der Waals surface area contributed by atoms with Crippen molar-refractivity contribution in [3.63, 3.8) is 0 Å². The summed E-state index contributed by atoms with van der Waals surface area (Å²) < 4.78 is 0. The maximum absolute atomic E-state index is 11.8. The van der Waals surface area contributed by atoms with Crippen LogP contribution in [0.15, 0.2) is 0 Å². The first-order valence-electron chi connectivity index (χ1n) is 6.78. The summed E-state index contributed by atoms with van der Waals surface area (Å²) in [6.45, 7) is 13.3. The molecule has 0 rings (SSSR count). The second kappa shape index (κ2) is 7.70. The Balaban J connectivity index is 3.65. The number of nitrogens with one attached hydrogen (secondary N) is 2. The molecule has 0 aromatic carbocycles. The quantitative estimate of drug-likeness (QED) is 0.674. The van der Waals surface area contributed by atoms with Gasteiger partial charge in [-0.05, 0) is 46.6 Å². The second-order valence-electron chi connectivity index (χ2n) is 6.30. The molecule has 17 heavy (non-hydrogen) atoms. The Labute approximate surface area is 107 Å². The van der Waals surface area contributed by atoms with Gasteiger partial charge in [0.2, 0.25) is 5.91 Å². The molecule has 0 spiro atoms. The van der Waals surface area contributed by atoms with Gasteiger partial charge in [-0.15, -0.1) is 0 Å². The van der Waals surface area contributed by atoms with Crippen molar-refractivity contribution in [1.82, 2.24) is 10.6 Å². The lowest BCUT2D eigenvalue weighted by atomic mass is 10.1. The number of rotatable bonds is 7. The normalized spacial score (nSPS) is 13.8. The SMILES string of the molecule is CC(C)CCCCNC(C)C(=O)NC(C)(C)C. The van der Waals surface area contributed by atoms with Crippen LogP contribution in [0.5, 0.6) is 0 Å². The van der Waals surface area contributed by atoms with Crippen molar-refractivity contribution in [3.8, 4) is 0 Å². The van der Waals surface area contributed by atoms with Crippen LogP contribution >= 0.6 is 0 Å². The Morgan fingerprint density at radius 2 is 1.71 bits per heavy atom. The highest BCUT2D eigenvalue weighted by atomic mass is 16.2. The Morgan fingerprint density at radius 1 is 1.12 bits per heavy atom. The van der Waals surface area contributed by atoms with Gasteiger partial charge in [0.25, 0.3) is 0 Å². The fourth-order valence-corrected chi connectivity index (χ4v) is 1.57. The zero-order chi connectivity index (χ0) is 13.5. The molecule has 0 aromatic heterocycles. The fraction of sp³-hybridized carbons (Fsp3) is 0.929. The van der Waals surface area contributed by atoms with E-state index >= 15 is 0 Å². The molecule has 102 valence electrons. The largest absolute Gasteiger partial charge is 0.350 e. The molecule has 3 nitrogen and oxygen atoms in total. The molecule has 0 aliphatic rings. The zero-order valence-corrected chi connectivity index (χ0v) is 12.4. The zero-order valence-electron chi connectivity index (χ0n) is 12.4. The average Bonchev–Trinajstić information content (AvgIpc) is 2.13. The molecule has 0 radical (unpaired) electrons. The minimum Gasteiger partial charge on any atom is -0.350 e. The average molecular weight is 242 g/mol. The van der Waals surface area contributed by atoms with Crippen LogP contribution in [-0.4, -0.2) is 24.0 Å². The Morgan fingerprint density at radius 3 is 2.18 bits per heavy atom. The third-order valence-electron chi connectivity index (χ3n) is 2.55. The molecule has 0 saturated heterocycles. The van der Waals surface area contributed by atoms with Crippen LogP contribution in [0, 0.1) is 5.92 Å². The number of hydrogen-bond donors (Lipinski definition) is 2. The lowest BCUT2D eigenvalue weighted by molar-refractivity contribution is -0.124. The molecule has 1 atom stereocenters. The molecule has 3 heteroatoms.